The largest absolute Gasteiger partial charge is 0.391 e. The Bertz CT molecular complexity index is 601. The lowest BCUT2D eigenvalue weighted by molar-refractivity contribution is -0.0760. The minimum Gasteiger partial charge on any atom is -0.391 e. The second-order valence-electron chi connectivity index (χ2n) is 6.25. The number of likely N-dealkylation sites (tertiary alicyclic amines) is 1. The van der Waals surface area contributed by atoms with E-state index in [-0.39, 0.29) is 6.23 Å². The van der Waals surface area contributed by atoms with E-state index in [4.69, 9.17) is 4.74 Å². The predicted molar refractivity (Wildman–Crippen MR) is 103 cm³/mol. The molecule has 2 aromatic heterocycles. The van der Waals surface area contributed by atoms with Crippen molar-refractivity contribution in [2.75, 3.05) is 19.7 Å². The van der Waals surface area contributed by atoms with Gasteiger partial charge in [0.05, 0.1) is 12.7 Å². The summed E-state index contributed by atoms with van der Waals surface area (Å²) in [5, 5.41) is 13.7. The summed E-state index contributed by atoms with van der Waals surface area (Å²) in [4.78, 5) is 5.12. The zero-order valence-corrected chi connectivity index (χ0v) is 15.9. The van der Waals surface area contributed by atoms with Crippen LogP contribution < -0.4 is 0 Å². The van der Waals surface area contributed by atoms with Crippen molar-refractivity contribution in [1.29, 1.82) is 0 Å². The van der Waals surface area contributed by atoms with Crippen LogP contribution in [-0.4, -0.2) is 42.0 Å². The number of aliphatic hydroxyl groups is 1. The van der Waals surface area contributed by atoms with Gasteiger partial charge in [0.15, 0.2) is 0 Å². The van der Waals surface area contributed by atoms with Gasteiger partial charge in [0, 0.05) is 28.4 Å². The summed E-state index contributed by atoms with van der Waals surface area (Å²) in [6.07, 6.45) is 1.81. The number of hydrogen-bond acceptors (Lipinski definition) is 5. The number of hydrogen-bond donors (Lipinski definition) is 1. The highest BCUT2D eigenvalue weighted by molar-refractivity contribution is 7.13. The van der Waals surface area contributed by atoms with Crippen LogP contribution in [0.3, 0.4) is 0 Å². The predicted octanol–water partition coefficient (Wildman–Crippen LogP) is 4.45. The summed E-state index contributed by atoms with van der Waals surface area (Å²) in [5.74, 6) is 0. The molecule has 3 nitrogen and oxygen atoms in total. The minimum absolute atomic E-state index is 0.0630. The first-order chi connectivity index (χ1) is 11.6. The van der Waals surface area contributed by atoms with Crippen molar-refractivity contribution in [2.24, 2.45) is 0 Å². The van der Waals surface area contributed by atoms with Crippen molar-refractivity contribution in [3.63, 3.8) is 0 Å². The fraction of sp³-hybridized carbons (Fsp3) is 0.474. The van der Waals surface area contributed by atoms with Crippen molar-refractivity contribution >= 4 is 28.2 Å². The summed E-state index contributed by atoms with van der Waals surface area (Å²) in [6, 6.07) is 8.73. The first kappa shape index (κ1) is 17.8. The monoisotopic (exact) mass is 363 g/mol. The standard InChI is InChI=1S/C19H25NO2S2/c1-14(21)13-22-15(2)20-9-7-16(8-10-20)19(17-5-3-11-23-17)18-6-4-12-24-18/h3-6,11-12,14-15,21H,7-10,13H2,1-2H3. The normalized spacial score (nSPS) is 18.5. The van der Waals surface area contributed by atoms with Gasteiger partial charge in [-0.05, 0) is 49.6 Å². The Kier molecular flexibility index (Phi) is 6.25. The summed E-state index contributed by atoms with van der Waals surface area (Å²) in [5.41, 5.74) is 3.00. The van der Waals surface area contributed by atoms with Gasteiger partial charge in [-0.1, -0.05) is 17.7 Å². The number of rotatable bonds is 6. The number of ether oxygens (including phenoxy) is 1. The molecule has 3 rings (SSSR count). The Morgan fingerprint density at radius 2 is 1.71 bits per heavy atom. The Morgan fingerprint density at radius 1 is 1.12 bits per heavy atom. The average Bonchev–Trinajstić information content (AvgIpc) is 3.28. The molecule has 1 aliphatic rings. The van der Waals surface area contributed by atoms with Gasteiger partial charge in [0.25, 0.3) is 0 Å². The maximum Gasteiger partial charge on any atom is 0.107 e. The van der Waals surface area contributed by atoms with Crippen molar-refractivity contribution in [3.8, 4) is 0 Å². The van der Waals surface area contributed by atoms with Crippen molar-refractivity contribution in [3.05, 3.63) is 50.4 Å². The zero-order valence-electron chi connectivity index (χ0n) is 14.3. The average molecular weight is 364 g/mol. The molecule has 0 spiro atoms. The number of piperidine rings is 1. The van der Waals surface area contributed by atoms with Crippen LogP contribution in [0.15, 0.2) is 40.6 Å². The third-order valence-corrected chi connectivity index (χ3v) is 6.16. The Balaban J connectivity index is 1.72. The number of aliphatic hydroxyl groups excluding tert-OH is 1. The fourth-order valence-electron chi connectivity index (χ4n) is 3.10. The van der Waals surface area contributed by atoms with Crippen LogP contribution in [0.25, 0.3) is 5.57 Å². The molecule has 0 aromatic carbocycles. The molecule has 1 aliphatic heterocycles. The van der Waals surface area contributed by atoms with E-state index in [9.17, 15) is 5.11 Å². The molecule has 2 unspecified atom stereocenters. The lowest BCUT2D eigenvalue weighted by Crippen LogP contribution is -2.40. The highest BCUT2D eigenvalue weighted by Crippen LogP contribution is 2.36. The third kappa shape index (κ3) is 4.35. The highest BCUT2D eigenvalue weighted by Gasteiger charge is 2.23. The maximum absolute atomic E-state index is 9.38. The molecule has 0 radical (unpaired) electrons. The topological polar surface area (TPSA) is 32.7 Å². The number of nitrogens with zero attached hydrogens (tertiary/aromatic N) is 1. The molecular weight excluding hydrogens is 338 g/mol. The lowest BCUT2D eigenvalue weighted by atomic mass is 9.95. The van der Waals surface area contributed by atoms with Crippen molar-refractivity contribution in [1.82, 2.24) is 4.90 Å². The molecule has 0 amide bonds. The van der Waals surface area contributed by atoms with Crippen LogP contribution in [0.2, 0.25) is 0 Å². The first-order valence-electron chi connectivity index (χ1n) is 8.48. The van der Waals surface area contributed by atoms with Crippen LogP contribution in [0, 0.1) is 0 Å². The molecule has 5 heteroatoms. The van der Waals surface area contributed by atoms with Gasteiger partial charge < -0.3 is 9.84 Å². The molecule has 3 heterocycles. The second-order valence-corrected chi connectivity index (χ2v) is 8.15. The molecule has 1 saturated heterocycles. The lowest BCUT2D eigenvalue weighted by Gasteiger charge is -2.34. The van der Waals surface area contributed by atoms with E-state index in [2.05, 4.69) is 46.8 Å². The molecule has 1 fully saturated rings. The van der Waals surface area contributed by atoms with Crippen LogP contribution in [-0.2, 0) is 4.74 Å². The van der Waals surface area contributed by atoms with Gasteiger partial charge in [-0.25, -0.2) is 0 Å². The summed E-state index contributed by atoms with van der Waals surface area (Å²) >= 11 is 3.65. The molecule has 2 aromatic rings. The molecule has 1 N–H and O–H groups in total. The molecule has 0 bridgehead atoms. The van der Waals surface area contributed by atoms with Gasteiger partial charge in [0.1, 0.15) is 6.23 Å². The minimum atomic E-state index is -0.406. The summed E-state index contributed by atoms with van der Waals surface area (Å²) in [6.45, 7) is 6.26. The van der Waals surface area contributed by atoms with E-state index in [1.54, 1.807) is 12.5 Å². The fourth-order valence-corrected chi connectivity index (χ4v) is 4.83. The van der Waals surface area contributed by atoms with Gasteiger partial charge >= 0.3 is 0 Å². The van der Waals surface area contributed by atoms with Crippen molar-refractivity contribution < 1.29 is 9.84 Å². The molecule has 24 heavy (non-hydrogen) atoms. The summed E-state index contributed by atoms with van der Waals surface area (Å²) < 4.78 is 5.75. The van der Waals surface area contributed by atoms with Gasteiger partial charge in [-0.2, -0.15) is 0 Å². The zero-order chi connectivity index (χ0) is 16.9. The quantitative estimate of drug-likeness (QED) is 0.823. The molecule has 0 aliphatic carbocycles. The third-order valence-electron chi connectivity index (χ3n) is 4.38. The van der Waals surface area contributed by atoms with Crippen molar-refractivity contribution in [2.45, 2.75) is 39.0 Å². The van der Waals surface area contributed by atoms with E-state index in [0.29, 0.717) is 6.61 Å². The molecule has 0 saturated carbocycles. The van der Waals surface area contributed by atoms with Gasteiger partial charge in [-0.3, -0.25) is 4.90 Å². The highest BCUT2D eigenvalue weighted by atomic mass is 32.1. The van der Waals surface area contributed by atoms with Crippen LogP contribution >= 0.6 is 22.7 Å². The number of thiophene rings is 2. The SMILES string of the molecule is CC(O)COC(C)N1CCC(=C(c2cccs2)c2cccs2)CC1. The smallest absolute Gasteiger partial charge is 0.107 e. The van der Waals surface area contributed by atoms with E-state index in [1.807, 2.05) is 22.7 Å². The second kappa shape index (κ2) is 8.41. The molecule has 2 atom stereocenters. The Labute approximate surface area is 152 Å². The van der Waals surface area contributed by atoms with Gasteiger partial charge in [0.2, 0.25) is 0 Å². The summed E-state index contributed by atoms with van der Waals surface area (Å²) in [7, 11) is 0. The maximum atomic E-state index is 9.38. The van der Waals surface area contributed by atoms with Gasteiger partial charge in [-0.15, -0.1) is 22.7 Å². The van der Waals surface area contributed by atoms with E-state index < -0.39 is 6.10 Å². The Morgan fingerprint density at radius 3 is 2.17 bits per heavy atom. The van der Waals surface area contributed by atoms with Crippen LogP contribution in [0.1, 0.15) is 36.4 Å². The van der Waals surface area contributed by atoms with E-state index >= 15 is 0 Å². The molecular formula is C19H25NO2S2. The molecule has 130 valence electrons. The van der Waals surface area contributed by atoms with Crippen LogP contribution in [0.4, 0.5) is 0 Å². The van der Waals surface area contributed by atoms with E-state index in [1.165, 1.54) is 15.3 Å². The Hall–Kier alpha value is -0.980. The first-order valence-corrected chi connectivity index (χ1v) is 10.2. The van der Waals surface area contributed by atoms with E-state index in [0.717, 1.165) is 25.9 Å². The van der Waals surface area contributed by atoms with Crippen LogP contribution in [0.5, 0.6) is 0 Å².